The molecule has 0 fully saturated rings. The van der Waals surface area contributed by atoms with Crippen LogP contribution in [0.15, 0.2) is 10.5 Å². The number of carbonyl (C=O) groups is 1. The van der Waals surface area contributed by atoms with Crippen molar-refractivity contribution in [3.05, 3.63) is 23.2 Å². The number of rotatable bonds is 7. The van der Waals surface area contributed by atoms with Gasteiger partial charge in [-0.2, -0.15) is 0 Å². The van der Waals surface area contributed by atoms with E-state index in [0.717, 1.165) is 18.7 Å². The minimum Gasteiger partial charge on any atom is -0.475 e. The van der Waals surface area contributed by atoms with Gasteiger partial charge in [0, 0.05) is 24.7 Å². The molecular weight excluding hydrogens is 244 g/mol. The molecule has 0 bridgehead atoms. The second-order valence-corrected chi connectivity index (χ2v) is 5.17. The summed E-state index contributed by atoms with van der Waals surface area (Å²) in [5.74, 6) is -0.310. The van der Waals surface area contributed by atoms with Crippen molar-refractivity contribution >= 4 is 5.97 Å². The maximum Gasteiger partial charge on any atom is 0.371 e. The molecule has 0 spiro atoms. The average molecular weight is 268 g/mol. The van der Waals surface area contributed by atoms with Gasteiger partial charge in [0.25, 0.3) is 0 Å². The van der Waals surface area contributed by atoms with Crippen LogP contribution in [-0.4, -0.2) is 54.1 Å². The Labute approximate surface area is 114 Å². The molecule has 1 atom stereocenters. The molecule has 0 aliphatic heterocycles. The fourth-order valence-electron chi connectivity index (χ4n) is 2.22. The van der Waals surface area contributed by atoms with Gasteiger partial charge in [-0.05, 0) is 40.6 Å². The fourth-order valence-corrected chi connectivity index (χ4v) is 2.22. The summed E-state index contributed by atoms with van der Waals surface area (Å²) in [6, 6.07) is 2.03. The highest BCUT2D eigenvalue weighted by atomic mass is 16.4. The van der Waals surface area contributed by atoms with Crippen LogP contribution in [0, 0.1) is 6.92 Å². The molecule has 0 amide bonds. The van der Waals surface area contributed by atoms with Gasteiger partial charge in [0.1, 0.15) is 5.76 Å². The van der Waals surface area contributed by atoms with E-state index in [0.29, 0.717) is 18.3 Å². The first-order valence-electron chi connectivity index (χ1n) is 6.56. The van der Waals surface area contributed by atoms with E-state index in [1.807, 2.05) is 6.92 Å². The van der Waals surface area contributed by atoms with Crippen molar-refractivity contribution in [3.8, 4) is 0 Å². The van der Waals surface area contributed by atoms with Crippen molar-refractivity contribution in [2.45, 2.75) is 33.4 Å². The summed E-state index contributed by atoms with van der Waals surface area (Å²) in [5, 5.41) is 8.93. The molecule has 1 rings (SSSR count). The van der Waals surface area contributed by atoms with Crippen LogP contribution in [0.1, 0.15) is 35.7 Å². The third-order valence-corrected chi connectivity index (χ3v) is 3.26. The van der Waals surface area contributed by atoms with Crippen LogP contribution in [-0.2, 0) is 6.54 Å². The number of carboxylic acid groups (broad SMARTS) is 1. The van der Waals surface area contributed by atoms with Crippen LogP contribution in [0.5, 0.6) is 0 Å². The zero-order chi connectivity index (χ0) is 14.6. The standard InChI is InChI=1S/C14H24N2O3/c1-6-16(10(2)8-15(4)5)9-12-7-13(14(17)18)19-11(12)3/h7,10H,6,8-9H2,1-5H3,(H,17,18). The van der Waals surface area contributed by atoms with E-state index in [4.69, 9.17) is 9.52 Å². The normalized spacial score (nSPS) is 13.2. The molecule has 1 aromatic heterocycles. The predicted molar refractivity (Wildman–Crippen MR) is 74.5 cm³/mol. The molecule has 0 saturated carbocycles. The topological polar surface area (TPSA) is 56.9 Å². The molecule has 19 heavy (non-hydrogen) atoms. The van der Waals surface area contributed by atoms with Gasteiger partial charge in [-0.3, -0.25) is 4.90 Å². The molecule has 1 aromatic rings. The molecule has 1 heterocycles. The predicted octanol–water partition coefficient (Wildman–Crippen LogP) is 2.06. The summed E-state index contributed by atoms with van der Waals surface area (Å²) in [5.41, 5.74) is 0.949. The number of carboxylic acids is 1. The Balaban J connectivity index is 2.78. The smallest absolute Gasteiger partial charge is 0.371 e. The van der Waals surface area contributed by atoms with Crippen molar-refractivity contribution in [1.29, 1.82) is 0 Å². The summed E-state index contributed by atoms with van der Waals surface area (Å²) in [7, 11) is 4.10. The number of hydrogen-bond donors (Lipinski definition) is 1. The van der Waals surface area contributed by atoms with Crippen LogP contribution in [0.25, 0.3) is 0 Å². The van der Waals surface area contributed by atoms with Crippen LogP contribution in [0.4, 0.5) is 0 Å². The Kier molecular flexibility index (Phi) is 5.57. The number of furan rings is 1. The highest BCUT2D eigenvalue weighted by molar-refractivity contribution is 5.84. The highest BCUT2D eigenvalue weighted by Gasteiger charge is 2.18. The lowest BCUT2D eigenvalue weighted by Crippen LogP contribution is -2.39. The van der Waals surface area contributed by atoms with Crippen LogP contribution < -0.4 is 0 Å². The quantitative estimate of drug-likeness (QED) is 0.820. The zero-order valence-electron chi connectivity index (χ0n) is 12.4. The van der Waals surface area contributed by atoms with Crippen LogP contribution in [0.2, 0.25) is 0 Å². The van der Waals surface area contributed by atoms with Gasteiger partial charge in [0.05, 0.1) is 0 Å². The van der Waals surface area contributed by atoms with E-state index >= 15 is 0 Å². The van der Waals surface area contributed by atoms with Gasteiger partial charge in [0.2, 0.25) is 5.76 Å². The Hall–Kier alpha value is -1.33. The fraction of sp³-hybridized carbons (Fsp3) is 0.643. The van der Waals surface area contributed by atoms with Crippen molar-refractivity contribution in [2.75, 3.05) is 27.2 Å². The van der Waals surface area contributed by atoms with E-state index in [1.54, 1.807) is 6.07 Å². The molecule has 0 aliphatic carbocycles. The number of aromatic carboxylic acids is 1. The van der Waals surface area contributed by atoms with Crippen LogP contribution in [0.3, 0.4) is 0 Å². The Morgan fingerprint density at radius 1 is 1.47 bits per heavy atom. The van der Waals surface area contributed by atoms with Gasteiger partial charge in [-0.1, -0.05) is 6.92 Å². The Bertz CT molecular complexity index is 426. The minimum atomic E-state index is -1.02. The summed E-state index contributed by atoms with van der Waals surface area (Å²) >= 11 is 0. The summed E-state index contributed by atoms with van der Waals surface area (Å²) in [6.07, 6.45) is 0. The highest BCUT2D eigenvalue weighted by Crippen LogP contribution is 2.18. The lowest BCUT2D eigenvalue weighted by Gasteiger charge is -2.29. The summed E-state index contributed by atoms with van der Waals surface area (Å²) < 4.78 is 5.25. The number of hydrogen-bond acceptors (Lipinski definition) is 4. The molecule has 0 aromatic carbocycles. The zero-order valence-corrected chi connectivity index (χ0v) is 12.4. The molecule has 1 unspecified atom stereocenters. The van der Waals surface area contributed by atoms with E-state index < -0.39 is 5.97 Å². The SMILES string of the molecule is CCN(Cc1cc(C(=O)O)oc1C)C(C)CN(C)C. The monoisotopic (exact) mass is 268 g/mol. The largest absolute Gasteiger partial charge is 0.475 e. The molecule has 0 saturated heterocycles. The van der Waals surface area contributed by atoms with Crippen molar-refractivity contribution in [3.63, 3.8) is 0 Å². The van der Waals surface area contributed by atoms with Gasteiger partial charge in [0.15, 0.2) is 0 Å². The van der Waals surface area contributed by atoms with Gasteiger partial charge in [-0.15, -0.1) is 0 Å². The van der Waals surface area contributed by atoms with E-state index in [-0.39, 0.29) is 5.76 Å². The van der Waals surface area contributed by atoms with Crippen LogP contribution >= 0.6 is 0 Å². The Morgan fingerprint density at radius 2 is 2.11 bits per heavy atom. The molecule has 0 radical (unpaired) electrons. The summed E-state index contributed by atoms with van der Waals surface area (Å²) in [6.45, 7) is 8.70. The van der Waals surface area contributed by atoms with Crippen molar-refractivity contribution < 1.29 is 14.3 Å². The second-order valence-electron chi connectivity index (χ2n) is 5.17. The molecule has 1 N–H and O–H groups in total. The first-order chi connectivity index (χ1) is 8.85. The molecule has 108 valence electrons. The van der Waals surface area contributed by atoms with Crippen molar-refractivity contribution in [1.82, 2.24) is 9.80 Å². The van der Waals surface area contributed by atoms with E-state index in [1.165, 1.54) is 0 Å². The lowest BCUT2D eigenvalue weighted by molar-refractivity contribution is 0.0661. The maximum atomic E-state index is 10.9. The first-order valence-corrected chi connectivity index (χ1v) is 6.56. The molecular formula is C14H24N2O3. The lowest BCUT2D eigenvalue weighted by atomic mass is 10.2. The number of likely N-dealkylation sites (N-methyl/N-ethyl adjacent to an activating group) is 2. The molecule has 5 heteroatoms. The Morgan fingerprint density at radius 3 is 2.53 bits per heavy atom. The van der Waals surface area contributed by atoms with E-state index in [2.05, 4.69) is 37.7 Å². The van der Waals surface area contributed by atoms with Gasteiger partial charge >= 0.3 is 5.97 Å². The number of nitrogens with zero attached hydrogens (tertiary/aromatic N) is 2. The molecule has 5 nitrogen and oxygen atoms in total. The third kappa shape index (κ3) is 4.36. The minimum absolute atomic E-state index is 0.0174. The second kappa shape index (κ2) is 6.73. The molecule has 0 aliphatic rings. The van der Waals surface area contributed by atoms with E-state index in [9.17, 15) is 4.79 Å². The number of aryl methyl sites for hydroxylation is 1. The summed E-state index contributed by atoms with van der Waals surface area (Å²) in [4.78, 5) is 15.3. The van der Waals surface area contributed by atoms with Crippen molar-refractivity contribution in [2.24, 2.45) is 0 Å². The third-order valence-electron chi connectivity index (χ3n) is 3.26. The average Bonchev–Trinajstić information content (AvgIpc) is 2.66. The van der Waals surface area contributed by atoms with Gasteiger partial charge in [-0.25, -0.2) is 4.79 Å². The first kappa shape index (κ1) is 15.7. The maximum absolute atomic E-state index is 10.9. The van der Waals surface area contributed by atoms with Gasteiger partial charge < -0.3 is 14.4 Å².